The van der Waals surface area contributed by atoms with Crippen molar-refractivity contribution < 1.29 is 28.5 Å². The fraction of sp³-hybridized carbons (Fsp3) is 0.647. The number of anilines is 1. The number of carbonyl (C=O) groups excluding carboxylic acids is 2. The molecule has 0 saturated heterocycles. The van der Waals surface area contributed by atoms with Gasteiger partial charge in [0.05, 0.1) is 20.4 Å². The Balaban J connectivity index is 3.23. The molecule has 0 radical (unpaired) electrons. The average Bonchev–Trinajstić information content (AvgIpc) is 2.48. The molecule has 0 bridgehead atoms. The van der Waals surface area contributed by atoms with Crippen LogP contribution in [0, 0.1) is 0 Å². The van der Waals surface area contributed by atoms with Gasteiger partial charge in [0.25, 0.3) is 0 Å². The Labute approximate surface area is 153 Å². The van der Waals surface area contributed by atoms with Crippen LogP contribution in [0.4, 0.5) is 10.5 Å². The standard InChI is InChI=1S/C17H27N3O6/c1-16(2,3)25-12(21)10-20(15(22)26-17(4,5)6)11-9-18-14(24-8)19-13(11)23-7/h9H,10H2,1-8H3. The quantitative estimate of drug-likeness (QED) is 0.730. The van der Waals surface area contributed by atoms with Gasteiger partial charge in [0.1, 0.15) is 23.4 Å². The van der Waals surface area contributed by atoms with E-state index in [-0.39, 0.29) is 17.6 Å². The van der Waals surface area contributed by atoms with Gasteiger partial charge in [-0.25, -0.2) is 9.78 Å². The number of amides is 1. The minimum absolute atomic E-state index is 0.0614. The summed E-state index contributed by atoms with van der Waals surface area (Å²) in [6.07, 6.45) is 0.564. The summed E-state index contributed by atoms with van der Waals surface area (Å²) in [5.74, 6) is -0.549. The Morgan fingerprint density at radius 2 is 1.58 bits per heavy atom. The van der Waals surface area contributed by atoms with Crippen LogP contribution in [-0.4, -0.2) is 54.0 Å². The van der Waals surface area contributed by atoms with Crippen molar-refractivity contribution in [2.24, 2.45) is 0 Å². The third-order valence-corrected chi connectivity index (χ3v) is 2.70. The lowest BCUT2D eigenvalue weighted by atomic mass is 10.2. The van der Waals surface area contributed by atoms with Crippen molar-refractivity contribution in [3.63, 3.8) is 0 Å². The summed E-state index contributed by atoms with van der Waals surface area (Å²) in [6.45, 7) is 9.98. The van der Waals surface area contributed by atoms with Crippen molar-refractivity contribution in [3.8, 4) is 11.9 Å². The molecule has 0 aliphatic rings. The van der Waals surface area contributed by atoms with E-state index >= 15 is 0 Å². The molecular formula is C17H27N3O6. The maximum absolute atomic E-state index is 12.6. The van der Waals surface area contributed by atoms with Gasteiger partial charge in [-0.15, -0.1) is 0 Å². The number of aromatic nitrogens is 2. The van der Waals surface area contributed by atoms with Gasteiger partial charge in [-0.05, 0) is 41.5 Å². The zero-order valence-electron chi connectivity index (χ0n) is 16.6. The predicted molar refractivity (Wildman–Crippen MR) is 94.6 cm³/mol. The molecule has 9 nitrogen and oxygen atoms in total. The molecule has 0 fully saturated rings. The van der Waals surface area contributed by atoms with E-state index in [1.54, 1.807) is 41.5 Å². The summed E-state index contributed by atoms with van der Waals surface area (Å²) in [6, 6.07) is 0.0620. The molecule has 146 valence electrons. The van der Waals surface area contributed by atoms with Gasteiger partial charge in [-0.1, -0.05) is 0 Å². The first kappa shape index (κ1) is 21.5. The van der Waals surface area contributed by atoms with Crippen LogP contribution in [0.3, 0.4) is 0 Å². The molecule has 26 heavy (non-hydrogen) atoms. The van der Waals surface area contributed by atoms with Crippen molar-refractivity contribution in [3.05, 3.63) is 6.20 Å². The summed E-state index contributed by atoms with van der Waals surface area (Å²) in [5.41, 5.74) is -1.30. The molecule has 1 rings (SSSR count). The van der Waals surface area contributed by atoms with Crippen molar-refractivity contribution in [2.75, 3.05) is 25.7 Å². The fourth-order valence-electron chi connectivity index (χ4n) is 1.85. The lowest BCUT2D eigenvalue weighted by Gasteiger charge is -2.28. The van der Waals surface area contributed by atoms with Gasteiger partial charge in [0, 0.05) is 0 Å². The van der Waals surface area contributed by atoms with Crippen molar-refractivity contribution in [2.45, 2.75) is 52.7 Å². The van der Waals surface area contributed by atoms with Crippen molar-refractivity contribution in [1.29, 1.82) is 0 Å². The average molecular weight is 369 g/mol. The molecule has 0 N–H and O–H groups in total. The SMILES string of the molecule is COc1ncc(N(CC(=O)OC(C)(C)C)C(=O)OC(C)(C)C)c(OC)n1. The number of hydrogen-bond donors (Lipinski definition) is 0. The highest BCUT2D eigenvalue weighted by atomic mass is 16.6. The summed E-state index contributed by atoms with van der Waals surface area (Å²) >= 11 is 0. The summed E-state index contributed by atoms with van der Waals surface area (Å²) < 4.78 is 20.8. The highest BCUT2D eigenvalue weighted by Gasteiger charge is 2.30. The van der Waals surface area contributed by atoms with Crippen LogP contribution in [0.2, 0.25) is 0 Å². The summed E-state index contributed by atoms with van der Waals surface area (Å²) in [7, 11) is 2.78. The number of nitrogens with zero attached hydrogens (tertiary/aromatic N) is 3. The molecule has 0 atom stereocenters. The first-order valence-corrected chi connectivity index (χ1v) is 8.03. The van der Waals surface area contributed by atoms with Gasteiger partial charge in [-0.3, -0.25) is 9.69 Å². The second-order valence-corrected chi connectivity index (χ2v) is 7.40. The van der Waals surface area contributed by atoms with E-state index in [0.29, 0.717) is 0 Å². The van der Waals surface area contributed by atoms with E-state index in [1.807, 2.05) is 0 Å². The van der Waals surface area contributed by atoms with E-state index in [2.05, 4.69) is 9.97 Å². The maximum Gasteiger partial charge on any atom is 0.415 e. The zero-order valence-corrected chi connectivity index (χ0v) is 16.6. The number of methoxy groups -OCH3 is 2. The predicted octanol–water partition coefficient (Wildman–Crippen LogP) is 2.58. The van der Waals surface area contributed by atoms with E-state index in [1.165, 1.54) is 20.4 Å². The van der Waals surface area contributed by atoms with Crippen LogP contribution in [0.5, 0.6) is 11.9 Å². The van der Waals surface area contributed by atoms with E-state index in [9.17, 15) is 9.59 Å². The number of rotatable bonds is 5. The lowest BCUT2D eigenvalue weighted by Crippen LogP contribution is -2.42. The topological polar surface area (TPSA) is 100 Å². The minimum atomic E-state index is -0.760. The minimum Gasteiger partial charge on any atom is -0.479 e. The molecule has 1 aromatic heterocycles. The molecule has 0 aliphatic carbocycles. The highest BCUT2D eigenvalue weighted by Crippen LogP contribution is 2.28. The number of hydrogen-bond acceptors (Lipinski definition) is 8. The van der Waals surface area contributed by atoms with Crippen LogP contribution in [-0.2, 0) is 14.3 Å². The number of carbonyl (C=O) groups is 2. The van der Waals surface area contributed by atoms with Crippen LogP contribution < -0.4 is 14.4 Å². The second kappa shape index (κ2) is 8.20. The molecule has 0 saturated carbocycles. The first-order chi connectivity index (χ1) is 11.9. The Morgan fingerprint density at radius 1 is 1.00 bits per heavy atom. The van der Waals surface area contributed by atoms with Crippen LogP contribution in [0.15, 0.2) is 6.20 Å². The van der Waals surface area contributed by atoms with Gasteiger partial charge >= 0.3 is 18.1 Å². The van der Waals surface area contributed by atoms with E-state index in [0.717, 1.165) is 4.90 Å². The van der Waals surface area contributed by atoms with E-state index < -0.39 is 29.8 Å². The molecule has 1 aromatic rings. The molecule has 0 aliphatic heterocycles. The smallest absolute Gasteiger partial charge is 0.415 e. The normalized spacial score (nSPS) is 11.5. The monoisotopic (exact) mass is 369 g/mol. The van der Waals surface area contributed by atoms with Gasteiger partial charge in [-0.2, -0.15) is 4.98 Å². The first-order valence-electron chi connectivity index (χ1n) is 8.03. The van der Waals surface area contributed by atoms with Crippen molar-refractivity contribution >= 4 is 17.7 Å². The van der Waals surface area contributed by atoms with Crippen LogP contribution in [0.25, 0.3) is 0 Å². The second-order valence-electron chi connectivity index (χ2n) is 7.40. The third kappa shape index (κ3) is 6.73. The molecule has 1 heterocycles. The maximum atomic E-state index is 12.6. The summed E-state index contributed by atoms with van der Waals surface area (Å²) in [5, 5.41) is 0. The Bertz CT molecular complexity index is 649. The molecule has 0 spiro atoms. The number of ether oxygens (including phenoxy) is 4. The molecule has 0 aromatic carbocycles. The van der Waals surface area contributed by atoms with Crippen LogP contribution >= 0.6 is 0 Å². The fourth-order valence-corrected chi connectivity index (χ4v) is 1.85. The van der Waals surface area contributed by atoms with Crippen LogP contribution in [0.1, 0.15) is 41.5 Å². The van der Waals surface area contributed by atoms with Crippen molar-refractivity contribution in [1.82, 2.24) is 9.97 Å². The third-order valence-electron chi connectivity index (χ3n) is 2.70. The molecule has 0 unspecified atom stereocenters. The van der Waals surface area contributed by atoms with E-state index in [4.69, 9.17) is 18.9 Å². The van der Waals surface area contributed by atoms with Gasteiger partial charge in [0.2, 0.25) is 5.88 Å². The Morgan fingerprint density at radius 3 is 2.04 bits per heavy atom. The largest absolute Gasteiger partial charge is 0.479 e. The Kier molecular flexibility index (Phi) is 6.77. The highest BCUT2D eigenvalue weighted by molar-refractivity contribution is 5.94. The molecule has 9 heteroatoms. The van der Waals surface area contributed by atoms with Gasteiger partial charge in [0.15, 0.2) is 0 Å². The molecular weight excluding hydrogens is 342 g/mol. The zero-order chi connectivity index (χ0) is 20.1. The lowest BCUT2D eigenvalue weighted by molar-refractivity contribution is -0.153. The Hall–Kier alpha value is -2.58. The summed E-state index contributed by atoms with van der Waals surface area (Å²) in [4.78, 5) is 34.0. The van der Waals surface area contributed by atoms with Gasteiger partial charge < -0.3 is 18.9 Å². The molecule has 1 amide bonds. The number of esters is 1.